The molecule has 0 fully saturated rings. The number of hydrogen-bond acceptors (Lipinski definition) is 4. The molecule has 0 heterocycles. The molecule has 1 aromatic carbocycles. The Labute approximate surface area is 114 Å². The lowest BCUT2D eigenvalue weighted by Crippen LogP contribution is -2.35. The standard InChI is InChI=1S/C14H23N3O2/c1-4-17(10-14(18)16-3)9-11-8-12(15)6-7-13(11)19-5-2/h6-8H,4-5,9-10,15H2,1-3H3,(H,16,18). The molecule has 0 atom stereocenters. The second-order valence-corrected chi connectivity index (χ2v) is 4.28. The maximum Gasteiger partial charge on any atom is 0.233 e. The highest BCUT2D eigenvalue weighted by Gasteiger charge is 2.12. The first kappa shape index (κ1) is 15.3. The van der Waals surface area contributed by atoms with Crippen LogP contribution in [0.4, 0.5) is 5.69 Å². The maximum absolute atomic E-state index is 11.4. The van der Waals surface area contributed by atoms with Gasteiger partial charge in [-0.2, -0.15) is 0 Å². The molecule has 0 aliphatic rings. The van der Waals surface area contributed by atoms with E-state index in [4.69, 9.17) is 10.5 Å². The van der Waals surface area contributed by atoms with Gasteiger partial charge < -0.3 is 15.8 Å². The monoisotopic (exact) mass is 265 g/mol. The summed E-state index contributed by atoms with van der Waals surface area (Å²) in [5.41, 5.74) is 7.53. The molecular formula is C14H23N3O2. The number of likely N-dealkylation sites (N-methyl/N-ethyl adjacent to an activating group) is 2. The lowest BCUT2D eigenvalue weighted by atomic mass is 10.1. The first-order valence-electron chi connectivity index (χ1n) is 6.54. The Kier molecular flexibility index (Phi) is 6.15. The predicted octanol–water partition coefficient (Wildman–Crippen LogP) is 1.24. The highest BCUT2D eigenvalue weighted by molar-refractivity contribution is 5.77. The van der Waals surface area contributed by atoms with Crippen molar-refractivity contribution in [2.45, 2.75) is 20.4 Å². The van der Waals surface area contributed by atoms with Crippen molar-refractivity contribution in [3.05, 3.63) is 23.8 Å². The lowest BCUT2D eigenvalue weighted by Gasteiger charge is -2.21. The van der Waals surface area contributed by atoms with Gasteiger partial charge in [-0.25, -0.2) is 0 Å². The second kappa shape index (κ2) is 7.63. The van der Waals surface area contributed by atoms with Gasteiger partial charge in [0.05, 0.1) is 13.2 Å². The normalized spacial score (nSPS) is 10.5. The number of rotatable bonds is 7. The van der Waals surface area contributed by atoms with Crippen molar-refractivity contribution >= 4 is 11.6 Å². The van der Waals surface area contributed by atoms with Crippen LogP contribution in [0.15, 0.2) is 18.2 Å². The Morgan fingerprint density at radius 1 is 1.42 bits per heavy atom. The van der Waals surface area contributed by atoms with E-state index in [2.05, 4.69) is 5.32 Å². The van der Waals surface area contributed by atoms with Crippen molar-refractivity contribution < 1.29 is 9.53 Å². The Hall–Kier alpha value is -1.75. The smallest absolute Gasteiger partial charge is 0.233 e. The zero-order valence-electron chi connectivity index (χ0n) is 11.9. The quantitative estimate of drug-likeness (QED) is 0.728. The van der Waals surface area contributed by atoms with E-state index in [9.17, 15) is 4.79 Å². The lowest BCUT2D eigenvalue weighted by molar-refractivity contribution is -0.121. The van der Waals surface area contributed by atoms with Gasteiger partial charge in [-0.15, -0.1) is 0 Å². The molecule has 1 aromatic rings. The fourth-order valence-corrected chi connectivity index (χ4v) is 1.82. The SMILES string of the molecule is CCOc1ccc(N)cc1CN(CC)CC(=O)NC. The molecule has 0 aliphatic heterocycles. The van der Waals surface area contributed by atoms with E-state index < -0.39 is 0 Å². The van der Waals surface area contributed by atoms with Gasteiger partial charge in [0, 0.05) is 24.8 Å². The largest absolute Gasteiger partial charge is 0.494 e. The average molecular weight is 265 g/mol. The third-order valence-corrected chi connectivity index (χ3v) is 2.87. The zero-order chi connectivity index (χ0) is 14.3. The minimum absolute atomic E-state index is 0.00344. The molecule has 1 rings (SSSR count). The highest BCUT2D eigenvalue weighted by atomic mass is 16.5. The number of carbonyl (C=O) groups excluding carboxylic acids is 1. The maximum atomic E-state index is 11.4. The third kappa shape index (κ3) is 4.79. The number of nitrogens with one attached hydrogen (secondary N) is 1. The summed E-state index contributed by atoms with van der Waals surface area (Å²) < 4.78 is 5.59. The Morgan fingerprint density at radius 3 is 2.74 bits per heavy atom. The van der Waals surface area contributed by atoms with Crippen molar-refractivity contribution in [2.75, 3.05) is 32.5 Å². The van der Waals surface area contributed by atoms with Crippen molar-refractivity contribution in [1.29, 1.82) is 0 Å². The molecule has 19 heavy (non-hydrogen) atoms. The molecule has 0 radical (unpaired) electrons. The number of hydrogen-bond donors (Lipinski definition) is 2. The summed E-state index contributed by atoms with van der Waals surface area (Å²) in [6.45, 7) is 6.38. The topological polar surface area (TPSA) is 67.6 Å². The van der Waals surface area contributed by atoms with Crippen LogP contribution in [-0.2, 0) is 11.3 Å². The summed E-state index contributed by atoms with van der Waals surface area (Å²) in [4.78, 5) is 13.5. The summed E-state index contributed by atoms with van der Waals surface area (Å²) in [5.74, 6) is 0.829. The molecular weight excluding hydrogens is 242 g/mol. The van der Waals surface area contributed by atoms with Crippen LogP contribution in [-0.4, -0.2) is 37.6 Å². The summed E-state index contributed by atoms with van der Waals surface area (Å²) >= 11 is 0. The van der Waals surface area contributed by atoms with E-state index in [1.54, 1.807) is 7.05 Å². The third-order valence-electron chi connectivity index (χ3n) is 2.87. The van der Waals surface area contributed by atoms with Crippen LogP contribution in [0.25, 0.3) is 0 Å². The predicted molar refractivity (Wildman–Crippen MR) is 77.0 cm³/mol. The number of amides is 1. The van der Waals surface area contributed by atoms with Gasteiger partial charge in [-0.05, 0) is 31.7 Å². The van der Waals surface area contributed by atoms with E-state index in [-0.39, 0.29) is 5.91 Å². The minimum atomic E-state index is 0.00344. The van der Waals surface area contributed by atoms with Crippen molar-refractivity contribution in [3.63, 3.8) is 0 Å². The molecule has 5 heteroatoms. The molecule has 0 unspecified atom stereocenters. The number of nitrogens with zero attached hydrogens (tertiary/aromatic N) is 1. The molecule has 0 saturated heterocycles. The molecule has 0 spiro atoms. The molecule has 3 N–H and O–H groups in total. The highest BCUT2D eigenvalue weighted by Crippen LogP contribution is 2.23. The first-order chi connectivity index (χ1) is 9.10. The molecule has 5 nitrogen and oxygen atoms in total. The zero-order valence-corrected chi connectivity index (χ0v) is 11.9. The molecule has 0 aromatic heterocycles. The van der Waals surface area contributed by atoms with Gasteiger partial charge in [-0.3, -0.25) is 9.69 Å². The van der Waals surface area contributed by atoms with Crippen molar-refractivity contribution in [1.82, 2.24) is 10.2 Å². The van der Waals surface area contributed by atoms with Gasteiger partial charge in [0.1, 0.15) is 5.75 Å². The Bertz CT molecular complexity index is 421. The molecule has 0 bridgehead atoms. The van der Waals surface area contributed by atoms with Crippen LogP contribution in [0.3, 0.4) is 0 Å². The van der Waals surface area contributed by atoms with Crippen LogP contribution in [0, 0.1) is 0 Å². The number of benzene rings is 1. The average Bonchev–Trinajstić information content (AvgIpc) is 2.40. The van der Waals surface area contributed by atoms with Crippen LogP contribution in [0.1, 0.15) is 19.4 Å². The van der Waals surface area contributed by atoms with E-state index in [1.807, 2.05) is 36.9 Å². The molecule has 0 aliphatic carbocycles. The van der Waals surface area contributed by atoms with Crippen LogP contribution < -0.4 is 15.8 Å². The van der Waals surface area contributed by atoms with Gasteiger partial charge in [0.2, 0.25) is 5.91 Å². The second-order valence-electron chi connectivity index (χ2n) is 4.28. The van der Waals surface area contributed by atoms with Crippen LogP contribution in [0.2, 0.25) is 0 Å². The van der Waals surface area contributed by atoms with E-state index >= 15 is 0 Å². The van der Waals surface area contributed by atoms with Crippen LogP contribution >= 0.6 is 0 Å². The van der Waals surface area contributed by atoms with Crippen LogP contribution in [0.5, 0.6) is 5.75 Å². The number of nitrogens with two attached hydrogens (primary N) is 1. The number of carbonyl (C=O) groups is 1. The van der Waals surface area contributed by atoms with Gasteiger partial charge in [-0.1, -0.05) is 6.92 Å². The van der Waals surface area contributed by atoms with E-state index in [0.29, 0.717) is 25.4 Å². The molecule has 106 valence electrons. The van der Waals surface area contributed by atoms with E-state index in [1.165, 1.54) is 0 Å². The number of ether oxygens (including phenoxy) is 1. The first-order valence-corrected chi connectivity index (χ1v) is 6.54. The van der Waals surface area contributed by atoms with Gasteiger partial charge in [0.25, 0.3) is 0 Å². The fraction of sp³-hybridized carbons (Fsp3) is 0.500. The minimum Gasteiger partial charge on any atom is -0.494 e. The summed E-state index contributed by atoms with van der Waals surface area (Å²) in [6, 6.07) is 5.60. The van der Waals surface area contributed by atoms with Crippen molar-refractivity contribution in [2.24, 2.45) is 0 Å². The molecule has 0 saturated carbocycles. The number of anilines is 1. The Balaban J connectivity index is 2.82. The van der Waals surface area contributed by atoms with E-state index in [0.717, 1.165) is 17.9 Å². The fourth-order valence-electron chi connectivity index (χ4n) is 1.82. The number of nitrogen functional groups attached to an aromatic ring is 1. The summed E-state index contributed by atoms with van der Waals surface area (Å²) in [5, 5.41) is 2.63. The summed E-state index contributed by atoms with van der Waals surface area (Å²) in [6.07, 6.45) is 0. The summed E-state index contributed by atoms with van der Waals surface area (Å²) in [7, 11) is 1.64. The Morgan fingerprint density at radius 2 is 2.16 bits per heavy atom. The van der Waals surface area contributed by atoms with Gasteiger partial charge >= 0.3 is 0 Å². The molecule has 1 amide bonds. The van der Waals surface area contributed by atoms with Gasteiger partial charge in [0.15, 0.2) is 0 Å². The van der Waals surface area contributed by atoms with Crippen molar-refractivity contribution in [3.8, 4) is 5.75 Å².